The molecule has 1 aliphatic heterocycles. The van der Waals surface area contributed by atoms with Crippen LogP contribution in [0.1, 0.15) is 31.7 Å². The minimum atomic E-state index is -0.752. The Morgan fingerprint density at radius 2 is 1.75 bits per heavy atom. The Hall–Kier alpha value is -0.570. The molecule has 1 saturated heterocycles. The monoisotopic (exact) mass is 241 g/mol. The fraction of sp³-hybridized carbons (Fsp3) is 0.538. The summed E-state index contributed by atoms with van der Waals surface area (Å²) in [5.74, 6) is 0. The summed E-state index contributed by atoms with van der Waals surface area (Å²) in [6.07, 6.45) is 3.15. The molecular weight excluding hydrogens is 222 g/mol. The Bertz CT molecular complexity index is 311. The van der Waals surface area contributed by atoms with E-state index >= 15 is 0 Å². The molecule has 0 saturated carbocycles. The van der Waals surface area contributed by atoms with Crippen molar-refractivity contribution in [3.8, 4) is 0 Å². The SMILES string of the molecule is CCC(O)(c1ccccc1)N1CCCC1.Cl. The molecule has 2 rings (SSSR count). The molecule has 16 heavy (non-hydrogen) atoms. The maximum atomic E-state index is 10.7. The summed E-state index contributed by atoms with van der Waals surface area (Å²) >= 11 is 0. The molecule has 1 aromatic carbocycles. The predicted octanol–water partition coefficient (Wildman–Crippen LogP) is 2.76. The zero-order valence-electron chi connectivity index (χ0n) is 9.72. The van der Waals surface area contributed by atoms with E-state index in [9.17, 15) is 5.11 Å². The summed E-state index contributed by atoms with van der Waals surface area (Å²) in [5.41, 5.74) is 0.270. The zero-order valence-corrected chi connectivity index (χ0v) is 10.5. The van der Waals surface area contributed by atoms with E-state index in [2.05, 4.69) is 4.90 Å². The van der Waals surface area contributed by atoms with Crippen molar-refractivity contribution in [2.75, 3.05) is 13.1 Å². The second-order valence-corrected chi connectivity index (χ2v) is 4.23. The predicted molar refractivity (Wildman–Crippen MR) is 68.7 cm³/mol. The number of nitrogens with zero attached hydrogens (tertiary/aromatic N) is 1. The molecule has 0 aliphatic carbocycles. The molecule has 1 unspecified atom stereocenters. The van der Waals surface area contributed by atoms with E-state index in [0.29, 0.717) is 0 Å². The minimum Gasteiger partial charge on any atom is -0.371 e. The summed E-state index contributed by atoms with van der Waals surface area (Å²) in [4.78, 5) is 2.20. The summed E-state index contributed by atoms with van der Waals surface area (Å²) in [6, 6.07) is 10.0. The highest BCUT2D eigenvalue weighted by Crippen LogP contribution is 2.31. The van der Waals surface area contributed by atoms with Crippen LogP contribution in [0.25, 0.3) is 0 Å². The first-order chi connectivity index (χ1) is 7.27. The lowest BCUT2D eigenvalue weighted by Crippen LogP contribution is -2.43. The molecule has 0 radical (unpaired) electrons. The van der Waals surface area contributed by atoms with Crippen LogP contribution >= 0.6 is 12.4 Å². The van der Waals surface area contributed by atoms with Gasteiger partial charge in [0.15, 0.2) is 0 Å². The van der Waals surface area contributed by atoms with Gasteiger partial charge in [0.25, 0.3) is 0 Å². The van der Waals surface area contributed by atoms with Gasteiger partial charge in [-0.05, 0) is 24.8 Å². The normalized spacial score (nSPS) is 20.1. The van der Waals surface area contributed by atoms with E-state index in [4.69, 9.17) is 0 Å². The second kappa shape index (κ2) is 5.67. The molecule has 3 heteroatoms. The van der Waals surface area contributed by atoms with Crippen molar-refractivity contribution in [1.82, 2.24) is 4.90 Å². The molecule has 0 spiro atoms. The lowest BCUT2D eigenvalue weighted by Gasteiger charge is -2.36. The average molecular weight is 242 g/mol. The fourth-order valence-corrected chi connectivity index (χ4v) is 2.40. The highest BCUT2D eigenvalue weighted by molar-refractivity contribution is 5.85. The molecule has 1 N–H and O–H groups in total. The van der Waals surface area contributed by atoms with Crippen LogP contribution in [0.2, 0.25) is 0 Å². The van der Waals surface area contributed by atoms with Gasteiger partial charge in [-0.2, -0.15) is 0 Å². The smallest absolute Gasteiger partial charge is 0.144 e. The van der Waals surface area contributed by atoms with Gasteiger partial charge in [-0.15, -0.1) is 12.4 Å². The van der Waals surface area contributed by atoms with Gasteiger partial charge in [-0.25, -0.2) is 0 Å². The van der Waals surface area contributed by atoms with Crippen molar-refractivity contribution >= 4 is 12.4 Å². The highest BCUT2D eigenvalue weighted by atomic mass is 35.5. The van der Waals surface area contributed by atoms with E-state index < -0.39 is 5.72 Å². The Morgan fingerprint density at radius 3 is 2.25 bits per heavy atom. The first-order valence-electron chi connectivity index (χ1n) is 5.80. The van der Waals surface area contributed by atoms with Crippen molar-refractivity contribution in [2.24, 2.45) is 0 Å². The number of hydrogen-bond acceptors (Lipinski definition) is 2. The van der Waals surface area contributed by atoms with E-state index in [0.717, 1.165) is 25.1 Å². The maximum absolute atomic E-state index is 10.7. The van der Waals surface area contributed by atoms with Crippen LogP contribution < -0.4 is 0 Å². The van der Waals surface area contributed by atoms with Crippen molar-refractivity contribution in [2.45, 2.75) is 31.9 Å². The van der Waals surface area contributed by atoms with Crippen LogP contribution in [-0.4, -0.2) is 23.1 Å². The number of halogens is 1. The molecule has 1 atom stereocenters. The minimum absolute atomic E-state index is 0. The van der Waals surface area contributed by atoms with Crippen LogP contribution in [0, 0.1) is 0 Å². The number of likely N-dealkylation sites (tertiary alicyclic amines) is 1. The average Bonchev–Trinajstić information content (AvgIpc) is 2.83. The van der Waals surface area contributed by atoms with Gasteiger partial charge < -0.3 is 5.11 Å². The lowest BCUT2D eigenvalue weighted by molar-refractivity contribution is -0.107. The number of aliphatic hydroxyl groups is 1. The third kappa shape index (κ3) is 2.40. The molecule has 0 amide bonds. The first-order valence-corrected chi connectivity index (χ1v) is 5.80. The van der Waals surface area contributed by atoms with Crippen molar-refractivity contribution in [1.29, 1.82) is 0 Å². The van der Waals surface area contributed by atoms with E-state index in [-0.39, 0.29) is 12.4 Å². The van der Waals surface area contributed by atoms with Gasteiger partial charge in [-0.3, -0.25) is 4.90 Å². The van der Waals surface area contributed by atoms with Crippen LogP contribution in [0.3, 0.4) is 0 Å². The third-order valence-electron chi connectivity index (χ3n) is 3.36. The van der Waals surface area contributed by atoms with E-state index in [1.165, 1.54) is 12.8 Å². The Kier molecular flexibility index (Phi) is 4.78. The molecule has 0 aromatic heterocycles. The lowest BCUT2D eigenvalue weighted by atomic mass is 9.98. The summed E-state index contributed by atoms with van der Waals surface area (Å²) in [6.45, 7) is 4.07. The molecule has 0 bridgehead atoms. The van der Waals surface area contributed by atoms with Gasteiger partial charge in [0.1, 0.15) is 5.72 Å². The molecular formula is C13H20ClNO. The molecule has 2 nitrogen and oxygen atoms in total. The van der Waals surface area contributed by atoms with Gasteiger partial charge in [0, 0.05) is 13.1 Å². The van der Waals surface area contributed by atoms with Gasteiger partial charge in [0.2, 0.25) is 0 Å². The number of benzene rings is 1. The Labute approximate surface area is 104 Å². The van der Waals surface area contributed by atoms with Gasteiger partial charge >= 0.3 is 0 Å². The quantitative estimate of drug-likeness (QED) is 0.880. The van der Waals surface area contributed by atoms with Gasteiger partial charge in [-0.1, -0.05) is 37.3 Å². The van der Waals surface area contributed by atoms with Gasteiger partial charge in [0.05, 0.1) is 0 Å². The first kappa shape index (κ1) is 13.5. The maximum Gasteiger partial charge on any atom is 0.144 e. The van der Waals surface area contributed by atoms with E-state index in [1.807, 2.05) is 37.3 Å². The van der Waals surface area contributed by atoms with Crippen molar-refractivity contribution in [3.05, 3.63) is 35.9 Å². The number of hydrogen-bond donors (Lipinski definition) is 1. The van der Waals surface area contributed by atoms with E-state index in [1.54, 1.807) is 0 Å². The molecule has 1 fully saturated rings. The van der Waals surface area contributed by atoms with Crippen LogP contribution in [0.15, 0.2) is 30.3 Å². The summed E-state index contributed by atoms with van der Waals surface area (Å²) in [7, 11) is 0. The van der Waals surface area contributed by atoms with Crippen LogP contribution in [0.5, 0.6) is 0 Å². The molecule has 1 aliphatic rings. The third-order valence-corrected chi connectivity index (χ3v) is 3.36. The van der Waals surface area contributed by atoms with Crippen LogP contribution in [-0.2, 0) is 5.72 Å². The Balaban J connectivity index is 0.00000128. The molecule has 90 valence electrons. The summed E-state index contributed by atoms with van der Waals surface area (Å²) in [5, 5.41) is 10.7. The van der Waals surface area contributed by atoms with Crippen molar-refractivity contribution < 1.29 is 5.11 Å². The standard InChI is InChI=1S/C13H19NO.ClH/c1-2-13(15,14-10-6-7-11-14)12-8-4-3-5-9-12;/h3-5,8-9,15H,2,6-7,10-11H2,1H3;1H. The highest BCUT2D eigenvalue weighted by Gasteiger charge is 2.35. The largest absolute Gasteiger partial charge is 0.371 e. The Morgan fingerprint density at radius 1 is 1.19 bits per heavy atom. The fourth-order valence-electron chi connectivity index (χ4n) is 2.40. The molecule has 1 heterocycles. The number of rotatable bonds is 3. The van der Waals surface area contributed by atoms with Crippen molar-refractivity contribution in [3.63, 3.8) is 0 Å². The topological polar surface area (TPSA) is 23.5 Å². The van der Waals surface area contributed by atoms with Crippen LogP contribution in [0.4, 0.5) is 0 Å². The zero-order chi connectivity index (χ0) is 10.7. The summed E-state index contributed by atoms with van der Waals surface area (Å²) < 4.78 is 0. The molecule has 1 aromatic rings. The second-order valence-electron chi connectivity index (χ2n) is 4.23.